The smallest absolute Gasteiger partial charge is 0.163 e. The SMILES string of the molecule is O=C1C2CC=CC2C12SCCS2. The number of allylic oxidation sites excluding steroid dienone is 2. The van der Waals surface area contributed by atoms with Crippen molar-refractivity contribution < 1.29 is 4.79 Å². The summed E-state index contributed by atoms with van der Waals surface area (Å²) >= 11 is 3.76. The van der Waals surface area contributed by atoms with Crippen molar-refractivity contribution in [2.75, 3.05) is 11.5 Å². The molecular weight excluding hydrogens is 188 g/mol. The highest BCUT2D eigenvalue weighted by molar-refractivity contribution is 8.22. The molecule has 1 heterocycles. The van der Waals surface area contributed by atoms with Crippen molar-refractivity contribution in [1.29, 1.82) is 0 Å². The Hall–Kier alpha value is 0.110. The van der Waals surface area contributed by atoms with E-state index >= 15 is 0 Å². The lowest BCUT2D eigenvalue weighted by Gasteiger charge is -2.46. The first-order chi connectivity index (χ1) is 5.84. The van der Waals surface area contributed by atoms with Crippen molar-refractivity contribution in [2.45, 2.75) is 10.5 Å². The van der Waals surface area contributed by atoms with Crippen molar-refractivity contribution in [3.8, 4) is 0 Å². The van der Waals surface area contributed by atoms with Crippen LogP contribution in [0.3, 0.4) is 0 Å². The molecule has 0 N–H and O–H groups in total. The molecule has 1 nitrogen and oxygen atoms in total. The Morgan fingerprint density at radius 1 is 1.42 bits per heavy atom. The fourth-order valence-electron chi connectivity index (χ4n) is 2.40. The van der Waals surface area contributed by atoms with Gasteiger partial charge in [-0.3, -0.25) is 4.79 Å². The number of hydrogen-bond donors (Lipinski definition) is 0. The predicted molar refractivity (Wildman–Crippen MR) is 53.4 cm³/mol. The van der Waals surface area contributed by atoms with Crippen LogP contribution in [0.2, 0.25) is 0 Å². The second-order valence-electron chi connectivity index (χ2n) is 3.52. The molecule has 1 saturated carbocycles. The summed E-state index contributed by atoms with van der Waals surface area (Å²) in [5, 5.41) is 0. The Bertz CT molecular complexity index is 266. The Kier molecular flexibility index (Phi) is 1.45. The van der Waals surface area contributed by atoms with Crippen molar-refractivity contribution in [1.82, 2.24) is 0 Å². The second-order valence-corrected chi connectivity index (χ2v) is 6.46. The van der Waals surface area contributed by atoms with Gasteiger partial charge in [0.1, 0.15) is 4.08 Å². The lowest BCUT2D eigenvalue weighted by molar-refractivity contribution is -0.131. The molecule has 3 rings (SSSR count). The molecule has 0 amide bonds. The number of Topliss-reactive ketones (excluding diaryl/α,β-unsaturated/α-hetero) is 1. The molecule has 0 aromatic rings. The first-order valence-corrected chi connectivity index (χ1v) is 6.30. The number of fused-ring (bicyclic) bond motifs is 2. The Balaban J connectivity index is 1.96. The Labute approximate surface area is 80.4 Å². The van der Waals surface area contributed by atoms with Crippen LogP contribution in [0.15, 0.2) is 12.2 Å². The van der Waals surface area contributed by atoms with E-state index in [-0.39, 0.29) is 4.08 Å². The third-order valence-corrected chi connectivity index (χ3v) is 6.59. The number of carbonyl (C=O) groups is 1. The van der Waals surface area contributed by atoms with Crippen molar-refractivity contribution in [3.05, 3.63) is 12.2 Å². The molecule has 64 valence electrons. The fraction of sp³-hybridized carbons (Fsp3) is 0.667. The summed E-state index contributed by atoms with van der Waals surface area (Å²) in [6.45, 7) is 0. The molecule has 1 spiro atoms. The molecule has 0 radical (unpaired) electrons. The minimum Gasteiger partial charge on any atom is -0.297 e. The van der Waals surface area contributed by atoms with Crippen LogP contribution in [0.5, 0.6) is 0 Å². The molecule has 2 fully saturated rings. The van der Waals surface area contributed by atoms with E-state index in [4.69, 9.17) is 0 Å². The van der Waals surface area contributed by atoms with E-state index in [0.29, 0.717) is 17.6 Å². The molecule has 2 unspecified atom stereocenters. The van der Waals surface area contributed by atoms with E-state index in [1.165, 1.54) is 0 Å². The summed E-state index contributed by atoms with van der Waals surface area (Å²) < 4.78 is -0.0162. The van der Waals surface area contributed by atoms with Crippen LogP contribution >= 0.6 is 23.5 Å². The van der Waals surface area contributed by atoms with Crippen LogP contribution in [0.1, 0.15) is 6.42 Å². The highest BCUT2D eigenvalue weighted by Crippen LogP contribution is 2.63. The molecular formula is C9H10OS2. The Morgan fingerprint density at radius 3 is 2.92 bits per heavy atom. The Morgan fingerprint density at radius 2 is 2.17 bits per heavy atom. The van der Waals surface area contributed by atoms with E-state index in [1.54, 1.807) is 0 Å². The van der Waals surface area contributed by atoms with Crippen LogP contribution in [0, 0.1) is 11.8 Å². The number of carbonyl (C=O) groups excluding carboxylic acids is 1. The lowest BCUT2D eigenvalue weighted by Crippen LogP contribution is -2.55. The van der Waals surface area contributed by atoms with E-state index < -0.39 is 0 Å². The molecule has 1 saturated heterocycles. The zero-order valence-electron chi connectivity index (χ0n) is 6.66. The van der Waals surface area contributed by atoms with Gasteiger partial charge >= 0.3 is 0 Å². The standard InChI is InChI=1S/C9H10OS2/c10-8-6-2-1-3-7(6)9(8)11-4-5-12-9/h1,3,6-7H,2,4-5H2. The van der Waals surface area contributed by atoms with Gasteiger partial charge in [-0.1, -0.05) is 12.2 Å². The van der Waals surface area contributed by atoms with Gasteiger partial charge in [-0.25, -0.2) is 0 Å². The van der Waals surface area contributed by atoms with E-state index in [9.17, 15) is 4.79 Å². The van der Waals surface area contributed by atoms with Gasteiger partial charge in [0, 0.05) is 23.3 Å². The number of thioether (sulfide) groups is 2. The zero-order chi connectivity index (χ0) is 8.18. The van der Waals surface area contributed by atoms with Gasteiger partial charge in [0.05, 0.1) is 0 Å². The van der Waals surface area contributed by atoms with Gasteiger partial charge in [0.25, 0.3) is 0 Å². The number of hydrogen-bond acceptors (Lipinski definition) is 3. The number of ketones is 1. The highest BCUT2D eigenvalue weighted by atomic mass is 32.2. The van der Waals surface area contributed by atoms with Crippen LogP contribution in [0.4, 0.5) is 0 Å². The van der Waals surface area contributed by atoms with Gasteiger partial charge in [-0.15, -0.1) is 23.5 Å². The molecule has 0 aromatic heterocycles. The monoisotopic (exact) mass is 198 g/mol. The predicted octanol–water partition coefficient (Wildman–Crippen LogP) is 1.94. The lowest BCUT2D eigenvalue weighted by atomic mass is 9.73. The molecule has 2 aliphatic carbocycles. The second kappa shape index (κ2) is 2.32. The molecule has 0 aromatic carbocycles. The largest absolute Gasteiger partial charge is 0.297 e. The topological polar surface area (TPSA) is 17.1 Å². The van der Waals surface area contributed by atoms with E-state index in [2.05, 4.69) is 12.2 Å². The first-order valence-electron chi connectivity index (χ1n) is 4.33. The molecule has 12 heavy (non-hydrogen) atoms. The zero-order valence-corrected chi connectivity index (χ0v) is 8.29. The molecule has 2 atom stereocenters. The summed E-state index contributed by atoms with van der Waals surface area (Å²) in [6.07, 6.45) is 5.45. The molecule has 1 aliphatic heterocycles. The van der Waals surface area contributed by atoms with Crippen molar-refractivity contribution in [3.63, 3.8) is 0 Å². The van der Waals surface area contributed by atoms with Gasteiger partial charge < -0.3 is 0 Å². The molecule has 3 aliphatic rings. The fourth-order valence-corrected chi connectivity index (χ4v) is 5.97. The quantitative estimate of drug-likeness (QED) is 0.554. The van der Waals surface area contributed by atoms with Crippen LogP contribution in [0.25, 0.3) is 0 Å². The van der Waals surface area contributed by atoms with Crippen LogP contribution < -0.4 is 0 Å². The van der Waals surface area contributed by atoms with Crippen LogP contribution in [-0.2, 0) is 4.79 Å². The minimum absolute atomic E-state index is 0.0162. The van der Waals surface area contributed by atoms with E-state index in [1.807, 2.05) is 23.5 Å². The maximum atomic E-state index is 11.8. The van der Waals surface area contributed by atoms with Crippen molar-refractivity contribution >= 4 is 29.3 Å². The maximum absolute atomic E-state index is 11.8. The summed E-state index contributed by atoms with van der Waals surface area (Å²) in [5.74, 6) is 3.77. The van der Waals surface area contributed by atoms with Gasteiger partial charge in [-0.2, -0.15) is 0 Å². The highest BCUT2D eigenvalue weighted by Gasteiger charge is 2.63. The summed E-state index contributed by atoms with van der Waals surface area (Å²) in [4.78, 5) is 11.8. The molecule has 0 bridgehead atoms. The summed E-state index contributed by atoms with van der Waals surface area (Å²) in [7, 11) is 0. The maximum Gasteiger partial charge on any atom is 0.163 e. The third kappa shape index (κ3) is 0.681. The summed E-state index contributed by atoms with van der Waals surface area (Å²) in [5.41, 5.74) is 0. The average molecular weight is 198 g/mol. The first kappa shape index (κ1) is 7.51. The van der Waals surface area contributed by atoms with E-state index in [0.717, 1.165) is 17.9 Å². The van der Waals surface area contributed by atoms with Crippen LogP contribution in [-0.4, -0.2) is 21.4 Å². The average Bonchev–Trinajstić information content (AvgIpc) is 2.72. The number of rotatable bonds is 0. The minimum atomic E-state index is -0.0162. The summed E-state index contributed by atoms with van der Waals surface area (Å²) in [6, 6.07) is 0. The van der Waals surface area contributed by atoms with Gasteiger partial charge in [-0.05, 0) is 6.42 Å². The van der Waals surface area contributed by atoms with Gasteiger partial charge in [0.2, 0.25) is 0 Å². The third-order valence-electron chi connectivity index (χ3n) is 3.00. The molecule has 3 heteroatoms. The normalized spacial score (nSPS) is 41.8. The van der Waals surface area contributed by atoms with Crippen molar-refractivity contribution in [2.24, 2.45) is 11.8 Å². The van der Waals surface area contributed by atoms with Gasteiger partial charge in [0.15, 0.2) is 5.78 Å².